The Morgan fingerprint density at radius 3 is 2.44 bits per heavy atom. The summed E-state index contributed by atoms with van der Waals surface area (Å²) in [6.07, 6.45) is 35.7. The maximum absolute atomic E-state index is 2.95. The highest BCUT2D eigenvalue weighted by Gasteiger charge is 2.55. The summed E-state index contributed by atoms with van der Waals surface area (Å²) in [6.45, 7) is 6.54. The number of rotatable bonds is 0. The molecule has 0 aromatic heterocycles. The normalized spacial score (nSPS) is 44.4. The van der Waals surface area contributed by atoms with Gasteiger partial charge < -0.3 is 4.90 Å². The highest BCUT2D eigenvalue weighted by molar-refractivity contribution is 5.23. The maximum Gasteiger partial charge on any atom is 0.0310 e. The van der Waals surface area contributed by atoms with Crippen LogP contribution >= 0.6 is 0 Å². The Kier molecular flexibility index (Phi) is 7.49. The third-order valence-electron chi connectivity index (χ3n) is 8.96. The average Bonchev–Trinajstić information content (AvgIpc) is 2.84. The van der Waals surface area contributed by atoms with E-state index >= 15 is 0 Å². The molecule has 1 saturated carbocycles. The first-order valence-electron chi connectivity index (χ1n) is 13.6. The molecule has 0 aromatic rings. The van der Waals surface area contributed by atoms with E-state index in [9.17, 15) is 0 Å². The van der Waals surface area contributed by atoms with Crippen LogP contribution < -0.4 is 0 Å². The third kappa shape index (κ3) is 5.07. The molecule has 2 saturated heterocycles. The van der Waals surface area contributed by atoms with Crippen LogP contribution in [0.3, 0.4) is 0 Å². The Balaban J connectivity index is 1.43. The Labute approximate surface area is 196 Å². The Morgan fingerprint density at radius 2 is 1.53 bits per heavy atom. The fourth-order valence-corrected chi connectivity index (χ4v) is 7.52. The van der Waals surface area contributed by atoms with Crippen molar-refractivity contribution in [3.05, 3.63) is 60.3 Å². The monoisotopic (exact) mass is 432 g/mol. The van der Waals surface area contributed by atoms with Gasteiger partial charge in [-0.3, -0.25) is 4.90 Å². The van der Waals surface area contributed by atoms with Gasteiger partial charge in [0, 0.05) is 32.2 Å². The summed E-state index contributed by atoms with van der Waals surface area (Å²) in [6, 6.07) is 0.736. The molecule has 5 rings (SSSR count). The van der Waals surface area contributed by atoms with Crippen molar-refractivity contribution in [3.63, 3.8) is 0 Å². The first-order valence-corrected chi connectivity index (χ1v) is 13.6. The number of fused-ring (bicyclic) bond motifs is 1. The second-order valence-corrected chi connectivity index (χ2v) is 11.1. The molecule has 2 nitrogen and oxygen atoms in total. The zero-order valence-corrected chi connectivity index (χ0v) is 20.1. The van der Waals surface area contributed by atoms with Crippen molar-refractivity contribution in [2.75, 3.05) is 32.7 Å². The van der Waals surface area contributed by atoms with Crippen LogP contribution in [0.4, 0.5) is 0 Å². The van der Waals surface area contributed by atoms with Crippen LogP contribution in [0.1, 0.15) is 70.6 Å². The van der Waals surface area contributed by atoms with Gasteiger partial charge >= 0.3 is 0 Å². The highest BCUT2D eigenvalue weighted by atomic mass is 15.2. The second kappa shape index (κ2) is 10.7. The van der Waals surface area contributed by atoms with Gasteiger partial charge in [0.25, 0.3) is 0 Å². The summed E-state index contributed by atoms with van der Waals surface area (Å²) < 4.78 is 0. The predicted octanol–water partition coefficient (Wildman–Crippen LogP) is 6.69. The lowest BCUT2D eigenvalue weighted by atomic mass is 9.54. The lowest BCUT2D eigenvalue weighted by Gasteiger charge is -2.62. The lowest BCUT2D eigenvalue weighted by Crippen LogP contribution is -2.65. The SMILES string of the molecule is C1=C\C/C=C\CC[C@@]23CN(CC/C=C\C/1)C[C@H]1C/C4=C/C/C=C/CCCCN(C2)[C@@H]4C[C@@H]13. The van der Waals surface area contributed by atoms with E-state index in [2.05, 4.69) is 64.5 Å². The van der Waals surface area contributed by atoms with Gasteiger partial charge in [-0.2, -0.15) is 0 Å². The molecule has 1 unspecified atom stereocenters. The first-order chi connectivity index (χ1) is 15.8. The number of allylic oxidation sites excluding steroid dienone is 8. The summed E-state index contributed by atoms with van der Waals surface area (Å²) >= 11 is 0. The minimum atomic E-state index is 0.494. The Hall–Kier alpha value is -1.38. The fourth-order valence-electron chi connectivity index (χ4n) is 7.52. The molecular formula is C30H44N2. The molecule has 4 bridgehead atoms. The van der Waals surface area contributed by atoms with Crippen LogP contribution in [-0.2, 0) is 0 Å². The van der Waals surface area contributed by atoms with Crippen LogP contribution in [-0.4, -0.2) is 48.6 Å². The molecule has 4 heterocycles. The minimum absolute atomic E-state index is 0.494. The number of piperidine rings is 2. The van der Waals surface area contributed by atoms with Gasteiger partial charge in [0.1, 0.15) is 0 Å². The Bertz CT molecular complexity index is 772. The van der Waals surface area contributed by atoms with Gasteiger partial charge in [0.05, 0.1) is 0 Å². The molecule has 174 valence electrons. The molecule has 2 heteroatoms. The van der Waals surface area contributed by atoms with Crippen LogP contribution in [0.5, 0.6) is 0 Å². The highest BCUT2D eigenvalue weighted by Crippen LogP contribution is 2.55. The minimum Gasteiger partial charge on any atom is -0.302 e. The quantitative estimate of drug-likeness (QED) is 0.394. The standard InChI is InChI=1S/C30H44N2/c1-2-4-7-11-15-19-31-23-27-21-26-17-13-9-5-8-12-16-20-32-25-30(24-31,18-14-10-6-3-1)28(27)22-29(26)32/h1-2,5-7,9-11,17,27-29H,3-4,8,12-16,18-25H2/b2-1-,9-5+,10-6-,11-7-,26-17-/t27-,28+,29-,30-/m1/s1. The van der Waals surface area contributed by atoms with E-state index in [1.807, 2.05) is 0 Å². The van der Waals surface area contributed by atoms with Gasteiger partial charge in [-0.05, 0) is 94.4 Å². The van der Waals surface area contributed by atoms with E-state index in [4.69, 9.17) is 0 Å². The largest absolute Gasteiger partial charge is 0.302 e. The third-order valence-corrected chi connectivity index (χ3v) is 8.96. The van der Waals surface area contributed by atoms with E-state index < -0.39 is 0 Å². The van der Waals surface area contributed by atoms with E-state index in [0.29, 0.717) is 5.41 Å². The molecule has 0 N–H and O–H groups in total. The summed E-state index contributed by atoms with van der Waals surface area (Å²) in [7, 11) is 0. The van der Waals surface area contributed by atoms with Crippen molar-refractivity contribution in [2.45, 2.75) is 76.7 Å². The summed E-state index contributed by atoms with van der Waals surface area (Å²) in [5, 5.41) is 0. The van der Waals surface area contributed by atoms with Gasteiger partial charge in [-0.25, -0.2) is 0 Å². The molecule has 0 aromatic carbocycles. The Morgan fingerprint density at radius 1 is 0.750 bits per heavy atom. The average molecular weight is 433 g/mol. The van der Waals surface area contributed by atoms with E-state index in [1.165, 1.54) is 84.1 Å². The van der Waals surface area contributed by atoms with E-state index in [-0.39, 0.29) is 0 Å². The first kappa shape index (κ1) is 22.4. The summed E-state index contributed by atoms with van der Waals surface area (Å²) in [5.41, 5.74) is 2.28. The smallest absolute Gasteiger partial charge is 0.0310 e. The van der Waals surface area contributed by atoms with Crippen LogP contribution in [0.2, 0.25) is 0 Å². The van der Waals surface area contributed by atoms with Crippen molar-refractivity contribution >= 4 is 0 Å². The molecule has 5 aliphatic rings. The number of hydrogen-bond acceptors (Lipinski definition) is 2. The van der Waals surface area contributed by atoms with Crippen molar-refractivity contribution in [1.29, 1.82) is 0 Å². The molecule has 3 fully saturated rings. The molecule has 1 spiro atoms. The molecule has 4 aliphatic heterocycles. The van der Waals surface area contributed by atoms with Gasteiger partial charge in [-0.15, -0.1) is 0 Å². The van der Waals surface area contributed by atoms with Gasteiger partial charge in [0.15, 0.2) is 0 Å². The molecule has 0 amide bonds. The van der Waals surface area contributed by atoms with Gasteiger partial charge in [0.2, 0.25) is 0 Å². The zero-order chi connectivity index (χ0) is 21.6. The summed E-state index contributed by atoms with van der Waals surface area (Å²) in [4.78, 5) is 5.82. The molecule has 32 heavy (non-hydrogen) atoms. The molecule has 5 atom stereocenters. The number of nitrogens with zero attached hydrogens (tertiary/aromatic N) is 2. The van der Waals surface area contributed by atoms with Crippen molar-refractivity contribution in [2.24, 2.45) is 17.3 Å². The second-order valence-electron chi connectivity index (χ2n) is 11.1. The zero-order valence-electron chi connectivity index (χ0n) is 20.1. The van der Waals surface area contributed by atoms with Crippen LogP contribution in [0, 0.1) is 17.3 Å². The van der Waals surface area contributed by atoms with Gasteiger partial charge in [-0.1, -0.05) is 60.3 Å². The number of hydrogen-bond donors (Lipinski definition) is 0. The fraction of sp³-hybridized carbons (Fsp3) is 0.667. The maximum atomic E-state index is 2.95. The molecule has 1 aliphatic carbocycles. The van der Waals surface area contributed by atoms with E-state index in [1.54, 1.807) is 5.57 Å². The van der Waals surface area contributed by atoms with Crippen molar-refractivity contribution < 1.29 is 0 Å². The predicted molar refractivity (Wildman–Crippen MR) is 137 cm³/mol. The molecular weight excluding hydrogens is 388 g/mol. The summed E-state index contributed by atoms with van der Waals surface area (Å²) in [5.74, 6) is 1.80. The topological polar surface area (TPSA) is 6.48 Å². The lowest BCUT2D eigenvalue weighted by molar-refractivity contribution is -0.107. The molecule has 0 radical (unpaired) electrons. The van der Waals surface area contributed by atoms with Crippen molar-refractivity contribution in [1.82, 2.24) is 9.80 Å². The van der Waals surface area contributed by atoms with Crippen LogP contribution in [0.25, 0.3) is 0 Å². The van der Waals surface area contributed by atoms with Crippen LogP contribution in [0.15, 0.2) is 60.3 Å². The van der Waals surface area contributed by atoms with Crippen molar-refractivity contribution in [3.8, 4) is 0 Å². The van der Waals surface area contributed by atoms with E-state index in [0.717, 1.165) is 37.1 Å².